The second-order valence-electron chi connectivity index (χ2n) is 15.3. The van der Waals surface area contributed by atoms with Gasteiger partial charge < -0.3 is 41.7 Å². The van der Waals surface area contributed by atoms with E-state index in [0.717, 1.165) is 45.2 Å². The van der Waals surface area contributed by atoms with Gasteiger partial charge in [0.05, 0.1) is 18.1 Å². The molecule has 0 saturated carbocycles. The summed E-state index contributed by atoms with van der Waals surface area (Å²) >= 11 is 0. The van der Waals surface area contributed by atoms with Crippen molar-refractivity contribution in [1.29, 1.82) is 0 Å². The Kier molecular flexibility index (Phi) is 17.3. The van der Waals surface area contributed by atoms with Crippen LogP contribution in [0.3, 0.4) is 0 Å². The number of aryl methyl sites for hydroxylation is 1. The first kappa shape index (κ1) is 44.6. The van der Waals surface area contributed by atoms with E-state index in [-0.39, 0.29) is 47.2 Å². The molecule has 3 aliphatic rings. The van der Waals surface area contributed by atoms with Gasteiger partial charge in [0, 0.05) is 50.4 Å². The van der Waals surface area contributed by atoms with E-state index in [1.807, 2.05) is 38.7 Å². The van der Waals surface area contributed by atoms with Gasteiger partial charge in [-0.25, -0.2) is 0 Å². The summed E-state index contributed by atoms with van der Waals surface area (Å²) in [6, 6.07) is 13.9. The highest BCUT2D eigenvalue weighted by molar-refractivity contribution is 5.97. The molecule has 14 nitrogen and oxygen atoms in total. The van der Waals surface area contributed by atoms with Crippen molar-refractivity contribution in [1.82, 2.24) is 36.0 Å². The van der Waals surface area contributed by atoms with E-state index in [4.69, 9.17) is 5.73 Å². The summed E-state index contributed by atoms with van der Waals surface area (Å²) in [4.78, 5) is 75.8. The maximum absolute atomic E-state index is 12.5. The molecule has 2 saturated heterocycles. The van der Waals surface area contributed by atoms with Gasteiger partial charge >= 0.3 is 0 Å². The van der Waals surface area contributed by atoms with Crippen LogP contribution in [-0.4, -0.2) is 122 Å². The highest BCUT2D eigenvalue weighted by Crippen LogP contribution is 2.29. The third kappa shape index (κ3) is 12.9. The van der Waals surface area contributed by atoms with Crippen LogP contribution in [0.4, 0.5) is 0 Å². The average molecular weight is 763 g/mol. The van der Waals surface area contributed by atoms with Crippen LogP contribution in [0.1, 0.15) is 98.2 Å². The third-order valence-electron chi connectivity index (χ3n) is 10.4. The molecule has 4 atom stereocenters. The molecule has 0 aromatic heterocycles. The molecular weight excluding hydrogens is 701 g/mol. The van der Waals surface area contributed by atoms with Gasteiger partial charge in [0.2, 0.25) is 30.0 Å². The molecule has 0 bridgehead atoms. The van der Waals surface area contributed by atoms with Crippen LogP contribution in [0.5, 0.6) is 0 Å². The van der Waals surface area contributed by atoms with Crippen LogP contribution in [-0.2, 0) is 25.6 Å². The van der Waals surface area contributed by atoms with E-state index in [1.54, 1.807) is 55.1 Å². The van der Waals surface area contributed by atoms with Crippen molar-refractivity contribution < 1.29 is 28.8 Å². The van der Waals surface area contributed by atoms with Gasteiger partial charge in [-0.1, -0.05) is 45.0 Å². The van der Waals surface area contributed by atoms with E-state index in [0.29, 0.717) is 37.3 Å². The van der Waals surface area contributed by atoms with Gasteiger partial charge in [-0.3, -0.25) is 28.8 Å². The van der Waals surface area contributed by atoms with Crippen molar-refractivity contribution in [2.75, 3.05) is 53.4 Å². The fourth-order valence-corrected chi connectivity index (χ4v) is 6.66. The predicted octanol–water partition coefficient (Wildman–Crippen LogP) is 2.24. The number of benzene rings is 2. The lowest BCUT2D eigenvalue weighted by Crippen LogP contribution is -2.57. The smallest absolute Gasteiger partial charge is 0.253 e. The number of hydrogen-bond donors (Lipinski definition) is 5. The molecule has 2 aromatic rings. The Labute approximate surface area is 326 Å². The van der Waals surface area contributed by atoms with Gasteiger partial charge in [0.1, 0.15) is 6.04 Å². The molecule has 0 spiro atoms. The summed E-state index contributed by atoms with van der Waals surface area (Å²) < 4.78 is 0. The Morgan fingerprint density at radius 2 is 1.29 bits per heavy atom. The molecule has 2 fully saturated rings. The number of likely N-dealkylation sites (N-methyl/N-ethyl adjacent to an activating group) is 2. The SMILES string of the molecule is CNC(C)C(=O)N1CCN(C(=O)c2ccc(C(N)=O)cc2)CC1.CNC(C)C(=O)N[C@H](C(=O)N1CCCC1)C(C)(C)C.O=CN[C@@H]1CCCc2ccccc21. The number of nitrogens with two attached hydrogens (primary N) is 1. The van der Waals surface area contributed by atoms with Gasteiger partial charge in [0.15, 0.2) is 0 Å². The number of rotatable bonds is 10. The molecule has 6 amide bonds. The number of piperazine rings is 1. The number of amides is 6. The van der Waals surface area contributed by atoms with Crippen molar-refractivity contribution in [3.63, 3.8) is 0 Å². The number of carbonyl (C=O) groups excluding carboxylic acids is 6. The molecule has 0 radical (unpaired) electrons. The predicted molar refractivity (Wildman–Crippen MR) is 213 cm³/mol. The zero-order valence-electron chi connectivity index (χ0n) is 33.7. The molecule has 6 N–H and O–H groups in total. The number of carbonyl (C=O) groups is 6. The first-order valence-electron chi connectivity index (χ1n) is 19.3. The van der Waals surface area contributed by atoms with Crippen LogP contribution in [0.15, 0.2) is 48.5 Å². The van der Waals surface area contributed by atoms with Crippen molar-refractivity contribution in [3.05, 3.63) is 70.8 Å². The summed E-state index contributed by atoms with van der Waals surface area (Å²) in [7, 11) is 3.48. The van der Waals surface area contributed by atoms with Gasteiger partial charge in [-0.15, -0.1) is 0 Å². The second-order valence-corrected chi connectivity index (χ2v) is 15.3. The van der Waals surface area contributed by atoms with Crippen LogP contribution in [0, 0.1) is 5.41 Å². The number of primary amides is 1. The van der Waals surface area contributed by atoms with Gasteiger partial charge in [-0.05, 0) is 101 Å². The van der Waals surface area contributed by atoms with E-state index in [1.165, 1.54) is 17.5 Å². The van der Waals surface area contributed by atoms with Crippen molar-refractivity contribution >= 4 is 35.9 Å². The minimum Gasteiger partial charge on any atom is -0.366 e. The lowest BCUT2D eigenvalue weighted by atomic mass is 9.85. The Bertz CT molecular complexity index is 1600. The number of likely N-dealkylation sites (tertiary alicyclic amines) is 1. The Morgan fingerprint density at radius 3 is 1.84 bits per heavy atom. The summed E-state index contributed by atoms with van der Waals surface area (Å²) in [6.45, 7) is 13.2. The minimum atomic E-state index is -0.519. The number of hydrogen-bond acceptors (Lipinski definition) is 8. The molecule has 2 aliphatic heterocycles. The summed E-state index contributed by atoms with van der Waals surface area (Å²) in [5.74, 6) is -0.661. The van der Waals surface area contributed by atoms with Gasteiger partial charge in [0.25, 0.3) is 5.91 Å². The highest BCUT2D eigenvalue weighted by Gasteiger charge is 2.37. The topological polar surface area (TPSA) is 186 Å². The first-order valence-corrected chi connectivity index (χ1v) is 19.3. The maximum Gasteiger partial charge on any atom is 0.253 e. The summed E-state index contributed by atoms with van der Waals surface area (Å²) in [6.07, 6.45) is 6.30. The quantitative estimate of drug-likeness (QED) is 0.228. The second kappa shape index (κ2) is 21.3. The molecule has 2 unspecified atom stereocenters. The largest absolute Gasteiger partial charge is 0.366 e. The summed E-state index contributed by atoms with van der Waals surface area (Å²) in [5, 5.41) is 11.6. The molecule has 2 heterocycles. The van der Waals surface area contributed by atoms with E-state index >= 15 is 0 Å². The average Bonchev–Trinajstić information content (AvgIpc) is 3.74. The van der Waals surface area contributed by atoms with Crippen LogP contribution >= 0.6 is 0 Å². The Morgan fingerprint density at radius 1 is 0.745 bits per heavy atom. The zero-order chi connectivity index (χ0) is 40.7. The first-order chi connectivity index (χ1) is 26.1. The van der Waals surface area contributed by atoms with Crippen molar-refractivity contribution in [2.24, 2.45) is 11.1 Å². The lowest BCUT2D eigenvalue weighted by Gasteiger charge is -2.36. The fraction of sp³-hybridized carbons (Fsp3) is 0.561. The van der Waals surface area contributed by atoms with E-state index < -0.39 is 11.9 Å². The molecular formula is C41H62N8O6. The fourth-order valence-electron chi connectivity index (χ4n) is 6.66. The zero-order valence-corrected chi connectivity index (χ0v) is 33.7. The molecule has 55 heavy (non-hydrogen) atoms. The minimum absolute atomic E-state index is 0.0432. The lowest BCUT2D eigenvalue weighted by molar-refractivity contribution is -0.139. The maximum atomic E-state index is 12.5. The molecule has 5 rings (SSSR count). The van der Waals surface area contributed by atoms with Crippen molar-refractivity contribution in [2.45, 2.75) is 90.9 Å². The number of nitrogens with one attached hydrogen (secondary N) is 4. The van der Waals surface area contributed by atoms with Crippen LogP contribution < -0.4 is 27.0 Å². The standard InChI is InChI=1S/C16H22N4O3.C14H27N3O2.C11H13NO/c1-11(18-2)15(22)19-7-9-20(10-8-19)16(23)13-5-3-12(4-6-13)14(17)21;1-10(15-5)12(18)16-11(14(2,3)4)13(19)17-8-6-7-9-17;13-8-12-11-7-3-5-9-4-1-2-6-10(9)11/h3-6,11,18H,7-10H2,1-2H3,(H2,17,21);10-11,15H,6-9H2,1-5H3,(H,16,18);1-2,4,6,8,11H,3,5,7H2,(H,12,13)/t;10?,11-;11-/m.11/s1. The highest BCUT2D eigenvalue weighted by atomic mass is 16.2. The van der Waals surface area contributed by atoms with E-state index in [2.05, 4.69) is 39.5 Å². The van der Waals surface area contributed by atoms with Crippen LogP contribution in [0.25, 0.3) is 0 Å². The van der Waals surface area contributed by atoms with Crippen molar-refractivity contribution in [3.8, 4) is 0 Å². The molecule has 302 valence electrons. The third-order valence-corrected chi connectivity index (χ3v) is 10.4. The summed E-state index contributed by atoms with van der Waals surface area (Å²) in [5.41, 5.74) is 8.46. The van der Waals surface area contributed by atoms with E-state index in [9.17, 15) is 28.8 Å². The number of nitrogens with zero attached hydrogens (tertiary/aromatic N) is 3. The Balaban J connectivity index is 0.000000230. The van der Waals surface area contributed by atoms with Crippen LogP contribution in [0.2, 0.25) is 0 Å². The molecule has 14 heteroatoms. The Hall–Kier alpha value is -4.82. The monoisotopic (exact) mass is 762 g/mol. The molecule has 2 aromatic carbocycles. The van der Waals surface area contributed by atoms with Gasteiger partial charge in [-0.2, -0.15) is 0 Å². The normalized spacial score (nSPS) is 18.2. The molecule has 1 aliphatic carbocycles. The number of fused-ring (bicyclic) bond motifs is 1.